The zero-order valence-electron chi connectivity index (χ0n) is 10.1. The molecular weight excluding hydrogens is 241 g/mol. The van der Waals surface area contributed by atoms with Crippen LogP contribution in [0.4, 0.5) is 8.78 Å². The Bertz CT molecular complexity index is 445. The van der Waals surface area contributed by atoms with E-state index in [9.17, 15) is 8.78 Å². The quantitative estimate of drug-likeness (QED) is 0.801. The summed E-state index contributed by atoms with van der Waals surface area (Å²) in [5.74, 6) is -2.16. The summed E-state index contributed by atoms with van der Waals surface area (Å²) in [7, 11) is -1.89. The molecule has 98 valence electrons. The van der Waals surface area contributed by atoms with Crippen molar-refractivity contribution in [3.63, 3.8) is 0 Å². The van der Waals surface area contributed by atoms with Gasteiger partial charge < -0.3 is 14.8 Å². The maximum atomic E-state index is 13.9. The number of ether oxygens (including phenoxy) is 1. The van der Waals surface area contributed by atoms with Gasteiger partial charge in [-0.15, -0.1) is 0 Å². The Labute approximate surface area is 105 Å². The molecule has 2 N–H and O–H groups in total. The lowest BCUT2D eigenvalue weighted by Crippen LogP contribution is -2.33. The van der Waals surface area contributed by atoms with Crippen molar-refractivity contribution in [1.82, 2.24) is 0 Å². The van der Waals surface area contributed by atoms with Crippen LogP contribution >= 0.6 is 0 Å². The number of rotatable bonds is 3. The molecule has 1 aromatic rings. The topological polar surface area (TPSA) is 49.7 Å². The normalized spacial score (nSPS) is 16.1. The van der Waals surface area contributed by atoms with Crippen LogP contribution in [-0.4, -0.2) is 23.3 Å². The van der Waals surface area contributed by atoms with Gasteiger partial charge in [0.15, 0.2) is 17.4 Å². The fraction of sp³-hybridized carbons (Fsp3) is 0.500. The van der Waals surface area contributed by atoms with Gasteiger partial charge in [-0.2, -0.15) is 0 Å². The second-order valence-corrected chi connectivity index (χ2v) is 4.61. The zero-order chi connectivity index (χ0) is 13.3. The molecule has 0 unspecified atom stereocenters. The van der Waals surface area contributed by atoms with Gasteiger partial charge in [-0.1, -0.05) is 0 Å². The van der Waals surface area contributed by atoms with Gasteiger partial charge >= 0.3 is 7.12 Å². The minimum atomic E-state index is -1.89. The highest BCUT2D eigenvalue weighted by molar-refractivity contribution is 6.59. The van der Waals surface area contributed by atoms with E-state index in [4.69, 9.17) is 14.8 Å². The van der Waals surface area contributed by atoms with Gasteiger partial charge in [0.25, 0.3) is 0 Å². The predicted molar refractivity (Wildman–Crippen MR) is 63.8 cm³/mol. The molecule has 0 saturated heterocycles. The van der Waals surface area contributed by atoms with Crippen LogP contribution in [0.1, 0.15) is 31.2 Å². The molecule has 0 aromatic heterocycles. The van der Waals surface area contributed by atoms with Gasteiger partial charge in [-0.05, 0) is 49.7 Å². The van der Waals surface area contributed by atoms with Crippen molar-refractivity contribution in [2.24, 2.45) is 0 Å². The van der Waals surface area contributed by atoms with Crippen LogP contribution in [0.2, 0.25) is 0 Å². The average Bonchev–Trinajstić information content (AvgIpc) is 2.81. The summed E-state index contributed by atoms with van der Waals surface area (Å²) in [6.45, 7) is 1.37. The maximum Gasteiger partial charge on any atom is 0.488 e. The van der Waals surface area contributed by atoms with E-state index in [-0.39, 0.29) is 17.1 Å². The second kappa shape index (κ2) is 5.24. The monoisotopic (exact) mass is 256 g/mol. The Morgan fingerprint density at radius 3 is 2.44 bits per heavy atom. The zero-order valence-corrected chi connectivity index (χ0v) is 10.1. The summed E-state index contributed by atoms with van der Waals surface area (Å²) in [5.41, 5.74) is -0.178. The van der Waals surface area contributed by atoms with Crippen molar-refractivity contribution < 1.29 is 23.6 Å². The smallest absolute Gasteiger partial charge is 0.484 e. The van der Waals surface area contributed by atoms with Crippen LogP contribution in [0.5, 0.6) is 5.75 Å². The van der Waals surface area contributed by atoms with Crippen LogP contribution in [0.25, 0.3) is 0 Å². The van der Waals surface area contributed by atoms with E-state index in [0.29, 0.717) is 0 Å². The van der Waals surface area contributed by atoms with Crippen LogP contribution in [0.15, 0.2) is 6.07 Å². The van der Waals surface area contributed by atoms with Crippen LogP contribution in [0.3, 0.4) is 0 Å². The Morgan fingerprint density at radius 2 is 1.89 bits per heavy atom. The summed E-state index contributed by atoms with van der Waals surface area (Å²) in [4.78, 5) is 0. The van der Waals surface area contributed by atoms with Crippen molar-refractivity contribution in [3.05, 3.63) is 23.3 Å². The summed E-state index contributed by atoms with van der Waals surface area (Å²) in [6.07, 6.45) is 3.43. The third-order valence-corrected chi connectivity index (χ3v) is 3.33. The van der Waals surface area contributed by atoms with Crippen molar-refractivity contribution in [2.75, 3.05) is 0 Å². The molecule has 6 heteroatoms. The third-order valence-electron chi connectivity index (χ3n) is 3.33. The van der Waals surface area contributed by atoms with E-state index in [1.54, 1.807) is 0 Å². The molecule has 3 nitrogen and oxygen atoms in total. The van der Waals surface area contributed by atoms with Crippen molar-refractivity contribution >= 4 is 12.6 Å². The van der Waals surface area contributed by atoms with E-state index in [1.165, 1.54) is 6.92 Å². The molecule has 1 aromatic carbocycles. The highest BCUT2D eigenvalue weighted by Crippen LogP contribution is 2.29. The molecule has 0 amide bonds. The molecular formula is C12H15BF2O3. The van der Waals surface area contributed by atoms with E-state index < -0.39 is 24.5 Å². The second-order valence-electron chi connectivity index (χ2n) is 4.61. The van der Waals surface area contributed by atoms with E-state index in [2.05, 4.69) is 0 Å². The molecule has 0 aliphatic heterocycles. The molecule has 2 rings (SSSR count). The van der Waals surface area contributed by atoms with Gasteiger partial charge in [0.1, 0.15) is 0 Å². The molecule has 0 atom stereocenters. The van der Waals surface area contributed by atoms with Gasteiger partial charge in [0.2, 0.25) is 0 Å². The molecule has 0 heterocycles. The Kier molecular flexibility index (Phi) is 3.87. The predicted octanol–water partition coefficient (Wildman–Crippen LogP) is 1.27. The molecule has 0 bridgehead atoms. The number of halogens is 2. The highest BCUT2D eigenvalue weighted by atomic mass is 19.1. The molecule has 0 spiro atoms. The lowest BCUT2D eigenvalue weighted by atomic mass is 9.77. The van der Waals surface area contributed by atoms with E-state index >= 15 is 0 Å². The fourth-order valence-corrected chi connectivity index (χ4v) is 2.26. The molecule has 18 heavy (non-hydrogen) atoms. The summed E-state index contributed by atoms with van der Waals surface area (Å²) in [6, 6.07) is 0.910. The van der Waals surface area contributed by atoms with Gasteiger partial charge in [0, 0.05) is 0 Å². The first-order chi connectivity index (χ1) is 8.50. The number of hydrogen-bond donors (Lipinski definition) is 2. The van der Waals surface area contributed by atoms with Crippen molar-refractivity contribution in [1.29, 1.82) is 0 Å². The summed E-state index contributed by atoms with van der Waals surface area (Å²) in [5, 5.41) is 18.0. The van der Waals surface area contributed by atoms with Crippen molar-refractivity contribution in [2.45, 2.75) is 38.7 Å². The lowest BCUT2D eigenvalue weighted by Gasteiger charge is -2.17. The molecule has 1 saturated carbocycles. The standard InChI is InChI=1S/C12H15BF2O3/c1-7-9(13(16)17)6-10(14)12(11(7)15)18-8-4-2-3-5-8/h6,8,16-17H,2-5H2,1H3. The SMILES string of the molecule is Cc1c(B(O)O)cc(F)c(OC2CCCC2)c1F. The molecule has 1 aliphatic rings. The van der Waals surface area contributed by atoms with Gasteiger partial charge in [-0.25, -0.2) is 8.78 Å². The Morgan fingerprint density at radius 1 is 1.28 bits per heavy atom. The van der Waals surface area contributed by atoms with Gasteiger partial charge in [0.05, 0.1) is 6.10 Å². The fourth-order valence-electron chi connectivity index (χ4n) is 2.26. The summed E-state index contributed by atoms with van der Waals surface area (Å²) < 4.78 is 33.0. The number of benzene rings is 1. The van der Waals surface area contributed by atoms with E-state index in [0.717, 1.165) is 31.7 Å². The minimum absolute atomic E-state index is 0.000558. The average molecular weight is 256 g/mol. The largest absolute Gasteiger partial charge is 0.488 e. The van der Waals surface area contributed by atoms with Crippen LogP contribution in [-0.2, 0) is 0 Å². The first kappa shape index (κ1) is 13.3. The highest BCUT2D eigenvalue weighted by Gasteiger charge is 2.26. The Hall–Kier alpha value is -1.14. The van der Waals surface area contributed by atoms with Crippen LogP contribution in [0, 0.1) is 18.6 Å². The lowest BCUT2D eigenvalue weighted by molar-refractivity contribution is 0.190. The maximum absolute atomic E-state index is 13.9. The number of hydrogen-bond acceptors (Lipinski definition) is 3. The Balaban J connectivity index is 2.32. The first-order valence-electron chi connectivity index (χ1n) is 6.02. The molecule has 1 fully saturated rings. The third kappa shape index (κ3) is 2.49. The van der Waals surface area contributed by atoms with Crippen molar-refractivity contribution in [3.8, 4) is 5.75 Å². The molecule has 0 radical (unpaired) electrons. The van der Waals surface area contributed by atoms with E-state index in [1.807, 2.05) is 0 Å². The van der Waals surface area contributed by atoms with Gasteiger partial charge in [-0.3, -0.25) is 0 Å². The minimum Gasteiger partial charge on any atom is -0.484 e. The molecule has 1 aliphatic carbocycles. The first-order valence-corrected chi connectivity index (χ1v) is 6.02. The summed E-state index contributed by atoms with van der Waals surface area (Å²) >= 11 is 0. The van der Waals surface area contributed by atoms with Crippen LogP contribution < -0.4 is 10.2 Å².